The standard InChI is InChI=1S/C17H12ClN5/c18-13-2-1-3-14(7-13)23-17-15-6-11(12-8-21-22-9-12)4-5-16(15)19-10-20-17/h1-10H,(H,21,22)(H,19,20,23). The predicted octanol–water partition coefficient (Wildman–Crippen LogP) is 4.42. The summed E-state index contributed by atoms with van der Waals surface area (Å²) in [6.07, 6.45) is 5.19. The summed E-state index contributed by atoms with van der Waals surface area (Å²) in [4.78, 5) is 8.69. The average molecular weight is 322 g/mol. The molecule has 0 unspecified atom stereocenters. The van der Waals surface area contributed by atoms with Gasteiger partial charge in [-0.2, -0.15) is 5.10 Å². The van der Waals surface area contributed by atoms with Crippen molar-refractivity contribution in [2.24, 2.45) is 0 Å². The first-order valence-corrected chi connectivity index (χ1v) is 7.44. The normalized spacial score (nSPS) is 10.8. The Labute approximate surface area is 137 Å². The molecule has 4 aromatic rings. The van der Waals surface area contributed by atoms with Gasteiger partial charge in [0.1, 0.15) is 12.1 Å². The number of benzene rings is 2. The average Bonchev–Trinajstić information content (AvgIpc) is 3.09. The maximum absolute atomic E-state index is 6.04. The van der Waals surface area contributed by atoms with Crippen LogP contribution >= 0.6 is 11.6 Å². The molecule has 0 aliphatic carbocycles. The Bertz CT molecular complexity index is 966. The minimum absolute atomic E-state index is 0.674. The molecule has 2 N–H and O–H groups in total. The molecule has 0 saturated heterocycles. The van der Waals surface area contributed by atoms with Crippen LogP contribution in [-0.2, 0) is 0 Å². The fourth-order valence-corrected chi connectivity index (χ4v) is 2.64. The van der Waals surface area contributed by atoms with Gasteiger partial charge in [-0.05, 0) is 35.9 Å². The van der Waals surface area contributed by atoms with Crippen LogP contribution in [0.2, 0.25) is 5.02 Å². The third-order valence-corrected chi connectivity index (χ3v) is 3.79. The highest BCUT2D eigenvalue weighted by Gasteiger charge is 2.07. The molecule has 112 valence electrons. The molecule has 0 aliphatic heterocycles. The molecular weight excluding hydrogens is 310 g/mol. The Morgan fingerprint density at radius 2 is 1.96 bits per heavy atom. The van der Waals surface area contributed by atoms with E-state index in [1.165, 1.54) is 0 Å². The zero-order valence-electron chi connectivity index (χ0n) is 12.0. The summed E-state index contributed by atoms with van der Waals surface area (Å²) in [5, 5.41) is 11.7. The van der Waals surface area contributed by atoms with Gasteiger partial charge in [-0.3, -0.25) is 5.10 Å². The summed E-state index contributed by atoms with van der Waals surface area (Å²) >= 11 is 6.04. The fourth-order valence-electron chi connectivity index (χ4n) is 2.45. The smallest absolute Gasteiger partial charge is 0.141 e. The summed E-state index contributed by atoms with van der Waals surface area (Å²) in [6.45, 7) is 0. The molecule has 0 atom stereocenters. The third-order valence-electron chi connectivity index (χ3n) is 3.55. The number of hydrogen-bond acceptors (Lipinski definition) is 4. The van der Waals surface area contributed by atoms with Gasteiger partial charge in [0, 0.05) is 27.9 Å². The van der Waals surface area contributed by atoms with Crippen LogP contribution in [0.4, 0.5) is 11.5 Å². The first-order valence-electron chi connectivity index (χ1n) is 7.06. The molecule has 0 radical (unpaired) electrons. The summed E-state index contributed by atoms with van der Waals surface area (Å²) in [5.41, 5.74) is 3.82. The van der Waals surface area contributed by atoms with Gasteiger partial charge in [-0.25, -0.2) is 9.97 Å². The van der Waals surface area contributed by atoms with Crippen molar-refractivity contribution < 1.29 is 0 Å². The fraction of sp³-hybridized carbons (Fsp3) is 0. The molecular formula is C17H12ClN5. The van der Waals surface area contributed by atoms with E-state index < -0.39 is 0 Å². The van der Waals surface area contributed by atoms with E-state index in [1.807, 2.05) is 48.7 Å². The molecule has 0 fully saturated rings. The molecule has 4 rings (SSSR count). The van der Waals surface area contributed by atoms with Crippen LogP contribution in [-0.4, -0.2) is 20.2 Å². The minimum Gasteiger partial charge on any atom is -0.340 e. The largest absolute Gasteiger partial charge is 0.340 e. The van der Waals surface area contributed by atoms with Crippen molar-refractivity contribution in [3.8, 4) is 11.1 Å². The number of H-pyrrole nitrogens is 1. The molecule has 23 heavy (non-hydrogen) atoms. The van der Waals surface area contributed by atoms with Crippen LogP contribution in [0, 0.1) is 0 Å². The highest BCUT2D eigenvalue weighted by molar-refractivity contribution is 6.30. The number of nitrogens with zero attached hydrogens (tertiary/aromatic N) is 3. The van der Waals surface area contributed by atoms with Crippen molar-refractivity contribution in [2.75, 3.05) is 5.32 Å². The monoisotopic (exact) mass is 321 g/mol. The number of anilines is 2. The molecule has 0 amide bonds. The second-order valence-electron chi connectivity index (χ2n) is 5.08. The van der Waals surface area contributed by atoms with Gasteiger partial charge in [0.2, 0.25) is 0 Å². The molecule has 0 spiro atoms. The lowest BCUT2D eigenvalue weighted by Gasteiger charge is -2.09. The number of aromatic amines is 1. The Balaban J connectivity index is 1.81. The first kappa shape index (κ1) is 13.7. The first-order chi connectivity index (χ1) is 11.3. The molecule has 2 aromatic heterocycles. The zero-order valence-corrected chi connectivity index (χ0v) is 12.7. The van der Waals surface area contributed by atoms with Gasteiger partial charge < -0.3 is 5.32 Å². The van der Waals surface area contributed by atoms with Crippen molar-refractivity contribution in [2.45, 2.75) is 0 Å². The Kier molecular flexibility index (Phi) is 3.40. The van der Waals surface area contributed by atoms with E-state index in [4.69, 9.17) is 11.6 Å². The minimum atomic E-state index is 0.674. The maximum Gasteiger partial charge on any atom is 0.141 e. The second kappa shape index (κ2) is 5.70. The van der Waals surface area contributed by atoms with E-state index in [1.54, 1.807) is 12.5 Å². The number of rotatable bonds is 3. The van der Waals surface area contributed by atoms with Crippen molar-refractivity contribution >= 4 is 34.0 Å². The van der Waals surface area contributed by atoms with Gasteiger partial charge in [-0.1, -0.05) is 23.7 Å². The van der Waals surface area contributed by atoms with E-state index in [9.17, 15) is 0 Å². The number of hydrogen-bond donors (Lipinski definition) is 2. The Morgan fingerprint density at radius 3 is 2.78 bits per heavy atom. The third kappa shape index (κ3) is 2.74. The van der Waals surface area contributed by atoms with Crippen molar-refractivity contribution in [3.63, 3.8) is 0 Å². The van der Waals surface area contributed by atoms with Crippen LogP contribution < -0.4 is 5.32 Å². The number of nitrogens with one attached hydrogen (secondary N) is 2. The molecule has 2 heterocycles. The van der Waals surface area contributed by atoms with Crippen LogP contribution in [0.3, 0.4) is 0 Å². The number of fused-ring (bicyclic) bond motifs is 1. The number of aromatic nitrogens is 4. The number of halogens is 1. The SMILES string of the molecule is Clc1cccc(Nc2ncnc3ccc(-c4cn[nH]c4)cc23)c1. The zero-order chi connectivity index (χ0) is 15.6. The van der Waals surface area contributed by atoms with Crippen LogP contribution in [0.1, 0.15) is 0 Å². The lowest BCUT2D eigenvalue weighted by molar-refractivity contribution is 1.09. The molecule has 6 heteroatoms. The van der Waals surface area contributed by atoms with E-state index in [-0.39, 0.29) is 0 Å². The Hall–Kier alpha value is -2.92. The summed E-state index contributed by atoms with van der Waals surface area (Å²) < 4.78 is 0. The van der Waals surface area contributed by atoms with E-state index in [2.05, 4.69) is 25.5 Å². The molecule has 5 nitrogen and oxygen atoms in total. The van der Waals surface area contributed by atoms with Gasteiger partial charge >= 0.3 is 0 Å². The highest BCUT2D eigenvalue weighted by atomic mass is 35.5. The molecule has 2 aromatic carbocycles. The quantitative estimate of drug-likeness (QED) is 0.586. The lowest BCUT2D eigenvalue weighted by atomic mass is 10.1. The van der Waals surface area contributed by atoms with Gasteiger partial charge in [-0.15, -0.1) is 0 Å². The van der Waals surface area contributed by atoms with E-state index >= 15 is 0 Å². The Morgan fingerprint density at radius 1 is 1.00 bits per heavy atom. The lowest BCUT2D eigenvalue weighted by Crippen LogP contribution is -1.96. The van der Waals surface area contributed by atoms with E-state index in [0.717, 1.165) is 33.5 Å². The molecule has 0 bridgehead atoms. The van der Waals surface area contributed by atoms with Gasteiger partial charge in [0.05, 0.1) is 11.7 Å². The maximum atomic E-state index is 6.04. The van der Waals surface area contributed by atoms with Crippen molar-refractivity contribution in [1.29, 1.82) is 0 Å². The van der Waals surface area contributed by atoms with Crippen molar-refractivity contribution in [1.82, 2.24) is 20.2 Å². The van der Waals surface area contributed by atoms with Crippen LogP contribution in [0.15, 0.2) is 61.2 Å². The van der Waals surface area contributed by atoms with E-state index in [0.29, 0.717) is 5.02 Å². The van der Waals surface area contributed by atoms with Crippen LogP contribution in [0.5, 0.6) is 0 Å². The summed E-state index contributed by atoms with van der Waals surface area (Å²) in [5.74, 6) is 0.739. The van der Waals surface area contributed by atoms with Crippen molar-refractivity contribution in [3.05, 3.63) is 66.2 Å². The predicted molar refractivity (Wildman–Crippen MR) is 91.9 cm³/mol. The topological polar surface area (TPSA) is 66.5 Å². The summed E-state index contributed by atoms with van der Waals surface area (Å²) in [6, 6.07) is 13.6. The van der Waals surface area contributed by atoms with Gasteiger partial charge in [0.25, 0.3) is 0 Å². The summed E-state index contributed by atoms with van der Waals surface area (Å²) in [7, 11) is 0. The highest BCUT2D eigenvalue weighted by Crippen LogP contribution is 2.28. The van der Waals surface area contributed by atoms with Crippen LogP contribution in [0.25, 0.3) is 22.0 Å². The molecule has 0 aliphatic rings. The second-order valence-corrected chi connectivity index (χ2v) is 5.51. The van der Waals surface area contributed by atoms with Gasteiger partial charge in [0.15, 0.2) is 0 Å². The molecule has 0 saturated carbocycles.